The Hall–Kier alpha value is -2.57. The highest BCUT2D eigenvalue weighted by Gasteiger charge is 2.24. The van der Waals surface area contributed by atoms with Crippen LogP contribution in [0.2, 0.25) is 0 Å². The number of nitrogens with zero attached hydrogens (tertiary/aromatic N) is 1. The molecule has 0 atom stereocenters. The van der Waals surface area contributed by atoms with Crippen LogP contribution in [0, 0.1) is 0 Å². The average molecular weight is 423 g/mol. The lowest BCUT2D eigenvalue weighted by Crippen LogP contribution is -2.30. The van der Waals surface area contributed by atoms with Crippen LogP contribution in [0.25, 0.3) is 0 Å². The van der Waals surface area contributed by atoms with E-state index in [-0.39, 0.29) is 11.8 Å². The first-order valence-corrected chi connectivity index (χ1v) is 11.5. The number of benzene rings is 2. The minimum absolute atomic E-state index is 0.0767. The molecule has 3 aromatic rings. The SMILES string of the molecule is O=C(NCCc1cccs1)c1ccccc1SCC(=O)N1CCc2ccccc21. The largest absolute Gasteiger partial charge is 0.352 e. The predicted octanol–water partition coefficient (Wildman–Crippen LogP) is 4.40. The van der Waals surface area contributed by atoms with Crippen LogP contribution in [0.5, 0.6) is 0 Å². The van der Waals surface area contributed by atoms with Gasteiger partial charge in [-0.1, -0.05) is 36.4 Å². The van der Waals surface area contributed by atoms with Gasteiger partial charge in [-0.05, 0) is 48.1 Å². The van der Waals surface area contributed by atoms with Crippen molar-refractivity contribution >= 4 is 40.6 Å². The van der Waals surface area contributed by atoms with Crippen LogP contribution < -0.4 is 10.2 Å². The predicted molar refractivity (Wildman–Crippen MR) is 120 cm³/mol. The van der Waals surface area contributed by atoms with Crippen molar-refractivity contribution in [3.63, 3.8) is 0 Å². The van der Waals surface area contributed by atoms with Gasteiger partial charge in [0.1, 0.15) is 0 Å². The molecule has 0 fully saturated rings. The number of para-hydroxylation sites is 1. The van der Waals surface area contributed by atoms with E-state index in [2.05, 4.69) is 17.4 Å². The number of anilines is 1. The van der Waals surface area contributed by atoms with E-state index in [9.17, 15) is 9.59 Å². The number of thioether (sulfide) groups is 1. The summed E-state index contributed by atoms with van der Waals surface area (Å²) >= 11 is 3.12. The van der Waals surface area contributed by atoms with Gasteiger partial charge in [0.2, 0.25) is 5.91 Å². The topological polar surface area (TPSA) is 49.4 Å². The van der Waals surface area contributed by atoms with Crippen molar-refractivity contribution < 1.29 is 9.59 Å². The molecule has 0 unspecified atom stereocenters. The van der Waals surface area contributed by atoms with Gasteiger partial charge < -0.3 is 10.2 Å². The highest BCUT2D eigenvalue weighted by Crippen LogP contribution is 2.29. The van der Waals surface area contributed by atoms with Crippen molar-refractivity contribution in [1.29, 1.82) is 0 Å². The van der Waals surface area contributed by atoms with E-state index in [1.54, 1.807) is 11.3 Å². The molecule has 1 aliphatic rings. The van der Waals surface area contributed by atoms with E-state index < -0.39 is 0 Å². The van der Waals surface area contributed by atoms with Gasteiger partial charge >= 0.3 is 0 Å². The molecular weight excluding hydrogens is 400 g/mol. The zero-order valence-corrected chi connectivity index (χ0v) is 17.6. The number of fused-ring (bicyclic) bond motifs is 1. The summed E-state index contributed by atoms with van der Waals surface area (Å²) in [5, 5.41) is 5.03. The van der Waals surface area contributed by atoms with Crippen LogP contribution in [-0.4, -0.2) is 30.7 Å². The number of nitrogens with one attached hydrogen (secondary N) is 1. The maximum atomic E-state index is 12.8. The summed E-state index contributed by atoms with van der Waals surface area (Å²) in [6, 6.07) is 19.6. The molecule has 0 saturated heterocycles. The third-order valence-corrected chi connectivity index (χ3v) is 6.90. The monoisotopic (exact) mass is 422 g/mol. The van der Waals surface area contributed by atoms with E-state index in [0.717, 1.165) is 30.0 Å². The van der Waals surface area contributed by atoms with Crippen LogP contribution >= 0.6 is 23.1 Å². The van der Waals surface area contributed by atoms with Crippen LogP contribution in [-0.2, 0) is 17.6 Å². The molecule has 1 aliphatic heterocycles. The molecule has 2 heterocycles. The molecular formula is C23H22N2O2S2. The molecule has 148 valence electrons. The van der Waals surface area contributed by atoms with Gasteiger partial charge in [0.05, 0.1) is 11.3 Å². The first-order chi connectivity index (χ1) is 14.2. The highest BCUT2D eigenvalue weighted by atomic mass is 32.2. The van der Waals surface area contributed by atoms with Crippen LogP contribution in [0.4, 0.5) is 5.69 Å². The van der Waals surface area contributed by atoms with Crippen LogP contribution in [0.3, 0.4) is 0 Å². The van der Waals surface area contributed by atoms with Crippen LogP contribution in [0.15, 0.2) is 70.9 Å². The molecule has 0 spiro atoms. The molecule has 0 radical (unpaired) electrons. The first kappa shape index (κ1) is 19.7. The van der Waals surface area contributed by atoms with Crippen molar-refractivity contribution in [2.45, 2.75) is 17.7 Å². The molecule has 29 heavy (non-hydrogen) atoms. The fraction of sp³-hybridized carbons (Fsp3) is 0.217. The first-order valence-electron chi connectivity index (χ1n) is 9.63. The number of rotatable bonds is 7. The van der Waals surface area contributed by atoms with Gasteiger partial charge in [0, 0.05) is 28.5 Å². The van der Waals surface area contributed by atoms with E-state index in [1.807, 2.05) is 58.8 Å². The number of carbonyl (C=O) groups excluding carboxylic acids is 2. The minimum Gasteiger partial charge on any atom is -0.352 e. The third-order valence-electron chi connectivity index (χ3n) is 4.91. The number of hydrogen-bond acceptors (Lipinski definition) is 4. The molecule has 1 aromatic heterocycles. The summed E-state index contributed by atoms with van der Waals surface area (Å²) in [4.78, 5) is 29.4. The summed E-state index contributed by atoms with van der Waals surface area (Å²) in [6.07, 6.45) is 1.72. The Balaban J connectivity index is 1.36. The maximum Gasteiger partial charge on any atom is 0.252 e. The number of hydrogen-bond donors (Lipinski definition) is 1. The Morgan fingerprint density at radius 2 is 1.86 bits per heavy atom. The zero-order chi connectivity index (χ0) is 20.1. The van der Waals surface area contributed by atoms with Crippen molar-refractivity contribution in [2.75, 3.05) is 23.7 Å². The molecule has 6 heteroatoms. The van der Waals surface area contributed by atoms with Crippen LogP contribution in [0.1, 0.15) is 20.8 Å². The van der Waals surface area contributed by atoms with Gasteiger partial charge in [-0.3, -0.25) is 9.59 Å². The molecule has 4 nitrogen and oxygen atoms in total. The van der Waals surface area contributed by atoms with E-state index >= 15 is 0 Å². The Bertz CT molecular complexity index is 1000. The van der Waals surface area contributed by atoms with Gasteiger partial charge in [0.15, 0.2) is 0 Å². The van der Waals surface area contributed by atoms with Crippen molar-refractivity contribution in [1.82, 2.24) is 5.32 Å². The summed E-state index contributed by atoms with van der Waals surface area (Å²) in [5.41, 5.74) is 2.85. The maximum absolute atomic E-state index is 12.8. The van der Waals surface area contributed by atoms with E-state index in [4.69, 9.17) is 0 Å². The molecule has 4 rings (SSSR count). The van der Waals surface area contributed by atoms with Gasteiger partial charge in [-0.25, -0.2) is 0 Å². The fourth-order valence-electron chi connectivity index (χ4n) is 3.44. The molecule has 0 saturated carbocycles. The van der Waals surface area contributed by atoms with Crippen molar-refractivity contribution in [2.24, 2.45) is 0 Å². The van der Waals surface area contributed by atoms with Gasteiger partial charge in [-0.2, -0.15) is 0 Å². The normalized spacial score (nSPS) is 12.6. The van der Waals surface area contributed by atoms with Gasteiger partial charge in [0.25, 0.3) is 5.91 Å². The molecule has 0 aliphatic carbocycles. The minimum atomic E-state index is -0.0939. The summed E-state index contributed by atoms with van der Waals surface area (Å²) in [7, 11) is 0. The lowest BCUT2D eigenvalue weighted by molar-refractivity contribution is -0.116. The third kappa shape index (κ3) is 4.71. The smallest absolute Gasteiger partial charge is 0.252 e. The molecule has 1 N–H and O–H groups in total. The lowest BCUT2D eigenvalue weighted by atomic mass is 10.2. The Labute approximate surface area is 178 Å². The lowest BCUT2D eigenvalue weighted by Gasteiger charge is -2.17. The summed E-state index contributed by atoms with van der Waals surface area (Å²) < 4.78 is 0. The summed E-state index contributed by atoms with van der Waals surface area (Å²) in [6.45, 7) is 1.32. The van der Waals surface area contributed by atoms with Crippen molar-refractivity contribution in [3.05, 3.63) is 82.0 Å². The van der Waals surface area contributed by atoms with E-state index in [1.165, 1.54) is 22.2 Å². The second-order valence-electron chi connectivity index (χ2n) is 6.79. The quantitative estimate of drug-likeness (QED) is 0.574. The average Bonchev–Trinajstić information content (AvgIpc) is 3.42. The second kappa shape index (κ2) is 9.29. The number of carbonyl (C=O) groups is 2. The van der Waals surface area contributed by atoms with Crippen molar-refractivity contribution in [3.8, 4) is 0 Å². The Kier molecular flexibility index (Phi) is 6.32. The number of thiophene rings is 1. The highest BCUT2D eigenvalue weighted by molar-refractivity contribution is 8.00. The number of amides is 2. The molecule has 2 aromatic carbocycles. The van der Waals surface area contributed by atoms with Gasteiger partial charge in [-0.15, -0.1) is 23.1 Å². The Morgan fingerprint density at radius 1 is 1.03 bits per heavy atom. The molecule has 2 amide bonds. The Morgan fingerprint density at radius 3 is 2.72 bits per heavy atom. The molecule has 0 bridgehead atoms. The fourth-order valence-corrected chi connectivity index (χ4v) is 5.08. The summed E-state index contributed by atoms with van der Waals surface area (Å²) in [5.74, 6) is 0.296. The van der Waals surface area contributed by atoms with E-state index in [0.29, 0.717) is 17.9 Å². The zero-order valence-electron chi connectivity index (χ0n) is 16.0. The second-order valence-corrected chi connectivity index (χ2v) is 8.84. The standard InChI is InChI=1S/C23H22N2O2S2/c26-22(25-14-12-17-6-1-3-9-20(17)25)16-29-21-10-4-2-8-19(21)23(27)24-13-11-18-7-5-15-28-18/h1-10,15H,11-14,16H2,(H,24,27).